The Hall–Kier alpha value is -4.39. The molecule has 1 atom stereocenters. The number of ether oxygens (including phenoxy) is 1. The van der Waals surface area contributed by atoms with Crippen molar-refractivity contribution < 1.29 is 4.74 Å². The molecule has 31 heavy (non-hydrogen) atoms. The number of anilines is 1. The molecule has 10 nitrogen and oxygen atoms in total. The first-order valence-electron chi connectivity index (χ1n) is 9.66. The van der Waals surface area contributed by atoms with Gasteiger partial charge in [-0.1, -0.05) is 0 Å². The monoisotopic (exact) mass is 413 g/mol. The highest BCUT2D eigenvalue weighted by Gasteiger charge is 2.29. The molecule has 0 saturated carbocycles. The molecular formula is C21H19N9O. The Balaban J connectivity index is 1.45. The summed E-state index contributed by atoms with van der Waals surface area (Å²) in [7, 11) is 1.88. The molecule has 10 heteroatoms. The molecule has 5 rings (SSSR count). The first-order valence-corrected chi connectivity index (χ1v) is 9.66. The van der Waals surface area contributed by atoms with Gasteiger partial charge in [-0.3, -0.25) is 20.0 Å². The zero-order valence-corrected chi connectivity index (χ0v) is 16.9. The van der Waals surface area contributed by atoms with E-state index < -0.39 is 6.23 Å². The average molecular weight is 413 g/mol. The number of hydrogen-bond acceptors (Lipinski definition) is 8. The van der Waals surface area contributed by atoms with E-state index in [1.54, 1.807) is 22.0 Å². The molecule has 5 heterocycles. The summed E-state index contributed by atoms with van der Waals surface area (Å²) in [6, 6.07) is 8.23. The minimum absolute atomic E-state index is 0.0837. The van der Waals surface area contributed by atoms with E-state index >= 15 is 0 Å². The van der Waals surface area contributed by atoms with E-state index in [1.165, 1.54) is 0 Å². The second kappa shape index (κ2) is 7.46. The fourth-order valence-electron chi connectivity index (χ4n) is 3.59. The molecule has 2 N–H and O–H groups in total. The Bertz CT molecular complexity index is 1330. The van der Waals surface area contributed by atoms with Crippen molar-refractivity contribution in [3.63, 3.8) is 0 Å². The zero-order valence-electron chi connectivity index (χ0n) is 16.9. The molecule has 0 aromatic carbocycles. The highest BCUT2D eigenvalue weighted by atomic mass is 16.5. The molecule has 0 amide bonds. The van der Waals surface area contributed by atoms with E-state index in [0.29, 0.717) is 6.02 Å². The quantitative estimate of drug-likeness (QED) is 0.493. The van der Waals surface area contributed by atoms with Gasteiger partial charge in [-0.05, 0) is 25.1 Å². The van der Waals surface area contributed by atoms with Gasteiger partial charge >= 0.3 is 6.02 Å². The third kappa shape index (κ3) is 3.32. The number of aryl methyl sites for hydroxylation is 2. The van der Waals surface area contributed by atoms with Crippen LogP contribution in [0.15, 0.2) is 54.3 Å². The maximum absolute atomic E-state index is 9.32. The fourth-order valence-corrected chi connectivity index (χ4v) is 3.59. The topological polar surface area (TPSA) is 120 Å². The van der Waals surface area contributed by atoms with Gasteiger partial charge in [0.2, 0.25) is 6.23 Å². The van der Waals surface area contributed by atoms with Crippen LogP contribution in [0.4, 0.5) is 5.69 Å². The van der Waals surface area contributed by atoms with Crippen molar-refractivity contribution in [1.29, 1.82) is 5.26 Å². The van der Waals surface area contributed by atoms with Crippen molar-refractivity contribution >= 4 is 22.7 Å². The molecule has 1 aliphatic rings. The predicted molar refractivity (Wildman–Crippen MR) is 115 cm³/mol. The van der Waals surface area contributed by atoms with Gasteiger partial charge < -0.3 is 9.72 Å². The van der Waals surface area contributed by atoms with Crippen LogP contribution in [0.5, 0.6) is 0 Å². The number of aromatic nitrogens is 5. The van der Waals surface area contributed by atoms with Gasteiger partial charge in [0, 0.05) is 53.9 Å². The molecule has 1 aliphatic heterocycles. The molecule has 0 radical (unpaired) electrons. The summed E-state index contributed by atoms with van der Waals surface area (Å²) in [6.07, 6.45) is 8.59. The van der Waals surface area contributed by atoms with E-state index in [0.717, 1.165) is 39.1 Å². The number of nitriles is 1. The maximum atomic E-state index is 9.32. The van der Waals surface area contributed by atoms with E-state index in [4.69, 9.17) is 4.74 Å². The van der Waals surface area contributed by atoms with Gasteiger partial charge in [0.25, 0.3) is 0 Å². The number of hydrazone groups is 1. The number of hydrogen-bond donors (Lipinski definition) is 2. The molecule has 154 valence electrons. The van der Waals surface area contributed by atoms with E-state index in [-0.39, 0.29) is 6.54 Å². The van der Waals surface area contributed by atoms with Gasteiger partial charge in [0.05, 0.1) is 23.6 Å². The third-order valence-electron chi connectivity index (χ3n) is 5.11. The Morgan fingerprint density at radius 3 is 2.97 bits per heavy atom. The number of H-pyrrole nitrogens is 1. The molecule has 4 aromatic rings. The van der Waals surface area contributed by atoms with Gasteiger partial charge in [-0.15, -0.1) is 5.10 Å². The Morgan fingerprint density at radius 1 is 1.29 bits per heavy atom. The van der Waals surface area contributed by atoms with Crippen LogP contribution in [0.25, 0.3) is 22.2 Å². The van der Waals surface area contributed by atoms with Crippen molar-refractivity contribution in [2.75, 3.05) is 11.4 Å². The molecule has 0 spiro atoms. The standard InChI is InChI=1S/C21H19N9O/c1-13-18(4-3-6-23-13)30(7-5-22)21-28-27-20(31-21)17-11-25-19-16(17)8-14(9-24-19)15-10-26-29(2)12-15/h3-4,6,8-12,20,27H,7H2,1-2H3,(H,24,25). The summed E-state index contributed by atoms with van der Waals surface area (Å²) in [5, 5.41) is 18.8. The first kappa shape index (κ1) is 18.6. The van der Waals surface area contributed by atoms with E-state index in [9.17, 15) is 5.26 Å². The molecule has 0 fully saturated rings. The lowest BCUT2D eigenvalue weighted by Gasteiger charge is -2.22. The smallest absolute Gasteiger partial charge is 0.317 e. The maximum Gasteiger partial charge on any atom is 0.317 e. The minimum atomic E-state index is -0.520. The van der Waals surface area contributed by atoms with Crippen LogP contribution in [0.1, 0.15) is 17.5 Å². The molecule has 0 bridgehead atoms. The second-order valence-corrected chi connectivity index (χ2v) is 7.14. The van der Waals surface area contributed by atoms with Crippen LogP contribution in [0.2, 0.25) is 0 Å². The van der Waals surface area contributed by atoms with Crippen molar-refractivity contribution in [2.45, 2.75) is 13.2 Å². The zero-order chi connectivity index (χ0) is 21.4. The molecular weight excluding hydrogens is 394 g/mol. The van der Waals surface area contributed by atoms with Crippen molar-refractivity contribution in [3.8, 4) is 17.2 Å². The Kier molecular flexibility index (Phi) is 4.48. The summed E-state index contributed by atoms with van der Waals surface area (Å²) in [6.45, 7) is 1.96. The predicted octanol–water partition coefficient (Wildman–Crippen LogP) is 2.59. The lowest BCUT2D eigenvalue weighted by Crippen LogP contribution is -2.32. The largest absolute Gasteiger partial charge is 0.434 e. The van der Waals surface area contributed by atoms with Crippen LogP contribution in [-0.2, 0) is 11.8 Å². The summed E-state index contributed by atoms with van der Waals surface area (Å²) in [4.78, 5) is 13.7. The SMILES string of the molecule is Cc1ncccc1N(CC#N)C1=NNC(c2c[nH]c3ncc(-c4cnn(C)c4)cc23)O1. The lowest BCUT2D eigenvalue weighted by molar-refractivity contribution is 0.189. The summed E-state index contributed by atoms with van der Waals surface area (Å²) in [5.74, 6) is 0. The third-order valence-corrected chi connectivity index (χ3v) is 5.11. The van der Waals surface area contributed by atoms with Gasteiger partial charge in [0.15, 0.2) is 0 Å². The number of aromatic amines is 1. The lowest BCUT2D eigenvalue weighted by atomic mass is 10.1. The second-order valence-electron chi connectivity index (χ2n) is 7.14. The Morgan fingerprint density at radius 2 is 2.19 bits per heavy atom. The number of fused-ring (bicyclic) bond motifs is 1. The molecule has 0 saturated heterocycles. The number of nitrogens with one attached hydrogen (secondary N) is 2. The number of rotatable bonds is 4. The first-order chi connectivity index (χ1) is 15.1. The Labute approximate surface area is 177 Å². The number of nitrogens with zero attached hydrogens (tertiary/aromatic N) is 7. The average Bonchev–Trinajstić information content (AvgIpc) is 3.51. The van der Waals surface area contributed by atoms with Crippen LogP contribution in [0.3, 0.4) is 0 Å². The number of pyridine rings is 2. The van der Waals surface area contributed by atoms with E-state index in [1.807, 2.05) is 50.8 Å². The normalized spacial score (nSPS) is 15.3. The summed E-state index contributed by atoms with van der Waals surface area (Å²) >= 11 is 0. The van der Waals surface area contributed by atoms with Crippen molar-refractivity contribution in [2.24, 2.45) is 12.1 Å². The fraction of sp³-hybridized carbons (Fsp3) is 0.190. The summed E-state index contributed by atoms with van der Waals surface area (Å²) in [5.41, 5.74) is 8.13. The van der Waals surface area contributed by atoms with Crippen LogP contribution >= 0.6 is 0 Å². The van der Waals surface area contributed by atoms with Crippen LogP contribution in [0, 0.1) is 18.3 Å². The molecule has 4 aromatic heterocycles. The van der Waals surface area contributed by atoms with Crippen LogP contribution < -0.4 is 10.3 Å². The minimum Gasteiger partial charge on any atom is -0.434 e. The van der Waals surface area contributed by atoms with Gasteiger partial charge in [-0.25, -0.2) is 4.98 Å². The number of amidine groups is 1. The van der Waals surface area contributed by atoms with Crippen molar-refractivity contribution in [3.05, 3.63) is 60.4 Å². The molecule has 1 unspecified atom stereocenters. The highest BCUT2D eigenvalue weighted by Crippen LogP contribution is 2.31. The van der Waals surface area contributed by atoms with Gasteiger partial charge in [-0.2, -0.15) is 10.4 Å². The summed E-state index contributed by atoms with van der Waals surface area (Å²) < 4.78 is 7.86. The van der Waals surface area contributed by atoms with Crippen LogP contribution in [-0.4, -0.2) is 37.3 Å². The molecule has 0 aliphatic carbocycles. The van der Waals surface area contributed by atoms with Crippen molar-refractivity contribution in [1.82, 2.24) is 30.2 Å². The highest BCUT2D eigenvalue weighted by molar-refractivity contribution is 5.94. The van der Waals surface area contributed by atoms with Gasteiger partial charge in [0.1, 0.15) is 12.2 Å². The van der Waals surface area contributed by atoms with E-state index in [2.05, 4.69) is 36.6 Å².